The van der Waals surface area contributed by atoms with Crippen LogP contribution < -0.4 is 5.32 Å². The number of hydrogen-bond acceptors (Lipinski definition) is 2. The molecule has 0 bridgehead atoms. The average molecular weight is 263 g/mol. The lowest BCUT2D eigenvalue weighted by atomic mass is 9.93. The Morgan fingerprint density at radius 2 is 2.16 bits per heavy atom. The van der Waals surface area contributed by atoms with Crippen molar-refractivity contribution in [1.82, 2.24) is 14.8 Å². The lowest BCUT2D eigenvalue weighted by Crippen LogP contribution is -2.33. The van der Waals surface area contributed by atoms with Gasteiger partial charge in [-0.3, -0.25) is 4.79 Å². The summed E-state index contributed by atoms with van der Waals surface area (Å²) < 4.78 is 2.08. The maximum absolute atomic E-state index is 11.8. The van der Waals surface area contributed by atoms with E-state index in [1.165, 1.54) is 19.4 Å². The van der Waals surface area contributed by atoms with Gasteiger partial charge >= 0.3 is 0 Å². The fraction of sp³-hybridized carbons (Fsp3) is 0.667. The Morgan fingerprint density at radius 3 is 2.89 bits per heavy atom. The molecule has 0 aromatic carbocycles. The minimum Gasteiger partial charge on any atom is -0.354 e. The van der Waals surface area contributed by atoms with Crippen LogP contribution in [0.3, 0.4) is 0 Å². The van der Waals surface area contributed by atoms with Gasteiger partial charge in [0.1, 0.15) is 0 Å². The summed E-state index contributed by atoms with van der Waals surface area (Å²) in [5.74, 6) is 0.898. The average Bonchev–Trinajstić information content (AvgIpc) is 2.90. The molecule has 0 aliphatic carbocycles. The molecular formula is C15H25N3O. The van der Waals surface area contributed by atoms with Gasteiger partial charge < -0.3 is 14.8 Å². The highest BCUT2D eigenvalue weighted by molar-refractivity contribution is 5.75. The SMILES string of the molecule is CN1CCCC(CCC(=O)NCCn2cccc2)C1. The van der Waals surface area contributed by atoms with Gasteiger partial charge in [0.2, 0.25) is 5.91 Å². The van der Waals surface area contributed by atoms with Gasteiger partial charge in [-0.15, -0.1) is 0 Å². The van der Waals surface area contributed by atoms with Crippen molar-refractivity contribution >= 4 is 5.91 Å². The first kappa shape index (κ1) is 14.1. The molecule has 1 N–H and O–H groups in total. The van der Waals surface area contributed by atoms with E-state index in [2.05, 4.69) is 21.8 Å². The molecule has 1 atom stereocenters. The van der Waals surface area contributed by atoms with Crippen LogP contribution in [0.4, 0.5) is 0 Å². The van der Waals surface area contributed by atoms with E-state index in [4.69, 9.17) is 0 Å². The first-order valence-electron chi connectivity index (χ1n) is 7.30. The van der Waals surface area contributed by atoms with Gasteiger partial charge in [0.05, 0.1) is 0 Å². The van der Waals surface area contributed by atoms with Crippen molar-refractivity contribution < 1.29 is 4.79 Å². The summed E-state index contributed by atoms with van der Waals surface area (Å²) in [6.07, 6.45) is 8.29. The van der Waals surface area contributed by atoms with E-state index >= 15 is 0 Å². The van der Waals surface area contributed by atoms with Gasteiger partial charge in [-0.05, 0) is 50.9 Å². The van der Waals surface area contributed by atoms with Crippen LogP contribution in [0.2, 0.25) is 0 Å². The summed E-state index contributed by atoms with van der Waals surface area (Å²) in [5, 5.41) is 3.00. The number of carbonyl (C=O) groups excluding carboxylic acids is 1. The fourth-order valence-corrected chi connectivity index (χ4v) is 2.78. The summed E-state index contributed by atoms with van der Waals surface area (Å²) in [4.78, 5) is 14.1. The highest BCUT2D eigenvalue weighted by atomic mass is 16.1. The highest BCUT2D eigenvalue weighted by Crippen LogP contribution is 2.19. The molecule has 0 radical (unpaired) electrons. The van der Waals surface area contributed by atoms with Gasteiger partial charge in [0, 0.05) is 38.4 Å². The monoisotopic (exact) mass is 263 g/mol. The quantitative estimate of drug-likeness (QED) is 0.848. The summed E-state index contributed by atoms with van der Waals surface area (Å²) in [5.41, 5.74) is 0. The number of amides is 1. The zero-order valence-corrected chi connectivity index (χ0v) is 11.8. The predicted octanol–water partition coefficient (Wildman–Crippen LogP) is 1.73. The number of nitrogens with one attached hydrogen (secondary N) is 1. The molecule has 1 aliphatic heterocycles. The minimum absolute atomic E-state index is 0.195. The Bertz CT molecular complexity index is 375. The third kappa shape index (κ3) is 5.07. The van der Waals surface area contributed by atoms with E-state index in [0.717, 1.165) is 26.1 Å². The summed E-state index contributed by atoms with van der Waals surface area (Å²) in [6, 6.07) is 4.00. The molecule has 1 amide bonds. The van der Waals surface area contributed by atoms with Gasteiger partial charge in [0.25, 0.3) is 0 Å². The molecule has 2 rings (SSSR count). The van der Waals surface area contributed by atoms with Crippen molar-refractivity contribution in [2.24, 2.45) is 5.92 Å². The molecule has 19 heavy (non-hydrogen) atoms. The van der Waals surface area contributed by atoms with Crippen LogP contribution in [0.15, 0.2) is 24.5 Å². The Hall–Kier alpha value is -1.29. The van der Waals surface area contributed by atoms with Crippen LogP contribution in [0.25, 0.3) is 0 Å². The fourth-order valence-electron chi connectivity index (χ4n) is 2.78. The molecule has 4 nitrogen and oxygen atoms in total. The van der Waals surface area contributed by atoms with Crippen molar-refractivity contribution in [1.29, 1.82) is 0 Å². The Morgan fingerprint density at radius 1 is 1.37 bits per heavy atom. The third-order valence-electron chi connectivity index (χ3n) is 3.86. The zero-order valence-electron chi connectivity index (χ0n) is 11.8. The maximum Gasteiger partial charge on any atom is 0.220 e. The van der Waals surface area contributed by atoms with Crippen molar-refractivity contribution in [3.05, 3.63) is 24.5 Å². The molecule has 1 saturated heterocycles. The molecular weight excluding hydrogens is 238 g/mol. The van der Waals surface area contributed by atoms with Crippen LogP contribution >= 0.6 is 0 Å². The molecule has 0 saturated carbocycles. The second-order valence-corrected chi connectivity index (χ2v) is 5.58. The number of piperidine rings is 1. The molecule has 2 heterocycles. The van der Waals surface area contributed by atoms with E-state index in [-0.39, 0.29) is 5.91 Å². The Kier molecular flexibility index (Phi) is 5.45. The van der Waals surface area contributed by atoms with E-state index in [1.54, 1.807) is 0 Å². The van der Waals surface area contributed by atoms with Crippen molar-refractivity contribution in [3.8, 4) is 0 Å². The van der Waals surface area contributed by atoms with Gasteiger partial charge in [-0.1, -0.05) is 0 Å². The van der Waals surface area contributed by atoms with E-state index < -0.39 is 0 Å². The topological polar surface area (TPSA) is 37.3 Å². The normalized spacial score (nSPS) is 20.4. The molecule has 1 aromatic heterocycles. The number of carbonyl (C=O) groups is 1. The second kappa shape index (κ2) is 7.34. The van der Waals surface area contributed by atoms with Crippen molar-refractivity contribution in [2.75, 3.05) is 26.7 Å². The number of likely N-dealkylation sites (tertiary alicyclic amines) is 1. The van der Waals surface area contributed by atoms with Crippen LogP contribution in [0.1, 0.15) is 25.7 Å². The first-order valence-corrected chi connectivity index (χ1v) is 7.30. The van der Waals surface area contributed by atoms with E-state index in [9.17, 15) is 4.79 Å². The van der Waals surface area contributed by atoms with Crippen LogP contribution in [-0.4, -0.2) is 42.1 Å². The molecule has 106 valence electrons. The third-order valence-corrected chi connectivity index (χ3v) is 3.86. The standard InChI is InChI=1S/C15H25N3O/c1-17-9-4-5-14(13-17)6-7-15(19)16-8-12-18-10-2-3-11-18/h2-3,10-11,14H,4-9,12-13H2,1H3,(H,16,19). The molecule has 1 fully saturated rings. The van der Waals surface area contributed by atoms with Crippen molar-refractivity contribution in [2.45, 2.75) is 32.2 Å². The van der Waals surface area contributed by atoms with Crippen LogP contribution in [-0.2, 0) is 11.3 Å². The molecule has 1 aliphatic rings. The minimum atomic E-state index is 0.195. The van der Waals surface area contributed by atoms with Gasteiger partial charge in [-0.2, -0.15) is 0 Å². The lowest BCUT2D eigenvalue weighted by Gasteiger charge is -2.29. The zero-order chi connectivity index (χ0) is 13.5. The van der Waals surface area contributed by atoms with Gasteiger partial charge in [0.15, 0.2) is 0 Å². The summed E-state index contributed by atoms with van der Waals surface area (Å²) >= 11 is 0. The Labute approximate surface area is 115 Å². The van der Waals surface area contributed by atoms with Crippen LogP contribution in [0.5, 0.6) is 0 Å². The molecule has 4 heteroatoms. The predicted molar refractivity (Wildman–Crippen MR) is 76.9 cm³/mol. The summed E-state index contributed by atoms with van der Waals surface area (Å²) in [6.45, 7) is 3.93. The largest absolute Gasteiger partial charge is 0.354 e. The highest BCUT2D eigenvalue weighted by Gasteiger charge is 2.17. The maximum atomic E-state index is 11.8. The van der Waals surface area contributed by atoms with E-state index in [0.29, 0.717) is 12.3 Å². The van der Waals surface area contributed by atoms with Crippen LogP contribution in [0, 0.1) is 5.92 Å². The summed E-state index contributed by atoms with van der Waals surface area (Å²) in [7, 11) is 2.17. The molecule has 0 spiro atoms. The van der Waals surface area contributed by atoms with E-state index in [1.807, 2.05) is 24.5 Å². The van der Waals surface area contributed by atoms with Gasteiger partial charge in [-0.25, -0.2) is 0 Å². The molecule has 1 aromatic rings. The number of aromatic nitrogens is 1. The number of nitrogens with zero attached hydrogens (tertiary/aromatic N) is 2. The van der Waals surface area contributed by atoms with Crippen molar-refractivity contribution in [3.63, 3.8) is 0 Å². The first-order chi connectivity index (χ1) is 9.24. The second-order valence-electron chi connectivity index (χ2n) is 5.58. The number of rotatable bonds is 6. The molecule has 1 unspecified atom stereocenters. The number of hydrogen-bond donors (Lipinski definition) is 1. The Balaban J connectivity index is 1.56. The smallest absolute Gasteiger partial charge is 0.220 e. The lowest BCUT2D eigenvalue weighted by molar-refractivity contribution is -0.121.